The molecule has 0 saturated heterocycles. The fourth-order valence-electron chi connectivity index (χ4n) is 2.14. The lowest BCUT2D eigenvalue weighted by molar-refractivity contribution is -0.137. The molecule has 0 radical (unpaired) electrons. The third-order valence-electron chi connectivity index (χ3n) is 3.40. The number of hydrogen-bond donors (Lipinski definition) is 2. The van der Waals surface area contributed by atoms with Crippen molar-refractivity contribution < 1.29 is 22.4 Å². The van der Waals surface area contributed by atoms with Gasteiger partial charge in [-0.1, -0.05) is 46.8 Å². The van der Waals surface area contributed by atoms with Crippen LogP contribution in [0.25, 0.3) is 0 Å². The zero-order valence-electron chi connectivity index (χ0n) is 14.3. The van der Waals surface area contributed by atoms with Crippen LogP contribution >= 0.6 is 34.7 Å². The van der Waals surface area contributed by atoms with Gasteiger partial charge in [-0.3, -0.25) is 4.79 Å². The van der Waals surface area contributed by atoms with E-state index in [1.807, 2.05) is 0 Å². The molecule has 1 aromatic heterocycles. The van der Waals surface area contributed by atoms with Crippen LogP contribution in [0.2, 0.25) is 5.02 Å². The zero-order chi connectivity index (χ0) is 21.0. The Labute approximate surface area is 175 Å². The zero-order valence-corrected chi connectivity index (χ0v) is 16.6. The van der Waals surface area contributed by atoms with E-state index in [2.05, 4.69) is 20.8 Å². The van der Waals surface area contributed by atoms with Gasteiger partial charge in [0.25, 0.3) is 0 Å². The van der Waals surface area contributed by atoms with E-state index in [4.69, 9.17) is 11.6 Å². The van der Waals surface area contributed by atoms with Crippen molar-refractivity contribution in [1.82, 2.24) is 10.2 Å². The van der Waals surface area contributed by atoms with E-state index in [1.54, 1.807) is 12.1 Å². The second-order valence-corrected chi connectivity index (χ2v) is 8.11. The third-order valence-corrected chi connectivity index (χ3v) is 5.71. The summed E-state index contributed by atoms with van der Waals surface area (Å²) in [6.07, 6.45) is -4.62. The Kier molecular flexibility index (Phi) is 6.60. The maximum absolute atomic E-state index is 13.6. The third kappa shape index (κ3) is 5.81. The molecule has 0 spiro atoms. The number of halogens is 5. The van der Waals surface area contributed by atoms with E-state index in [0.29, 0.717) is 9.47 Å². The molecule has 0 fully saturated rings. The Bertz CT molecular complexity index is 1030. The van der Waals surface area contributed by atoms with E-state index < -0.39 is 28.5 Å². The van der Waals surface area contributed by atoms with E-state index in [9.17, 15) is 22.4 Å². The summed E-state index contributed by atoms with van der Waals surface area (Å²) in [5.41, 5.74) is -0.815. The normalized spacial score (nSPS) is 11.3. The summed E-state index contributed by atoms with van der Waals surface area (Å²) in [4.78, 5) is 12.0. The molecular formula is C17H11ClF4N4OS2. The Morgan fingerprint density at radius 3 is 2.66 bits per heavy atom. The van der Waals surface area contributed by atoms with Crippen molar-refractivity contribution in [2.24, 2.45) is 0 Å². The van der Waals surface area contributed by atoms with Crippen molar-refractivity contribution >= 4 is 57.1 Å². The van der Waals surface area contributed by atoms with Gasteiger partial charge in [-0.2, -0.15) is 13.2 Å². The second kappa shape index (κ2) is 8.97. The summed E-state index contributed by atoms with van der Waals surface area (Å²) >= 11 is 7.70. The van der Waals surface area contributed by atoms with E-state index in [0.717, 1.165) is 35.2 Å². The minimum atomic E-state index is -4.62. The molecule has 3 aromatic rings. The van der Waals surface area contributed by atoms with Crippen LogP contribution in [0.1, 0.15) is 5.56 Å². The molecule has 12 heteroatoms. The maximum Gasteiger partial charge on any atom is 0.417 e. The van der Waals surface area contributed by atoms with Gasteiger partial charge in [0.05, 0.1) is 22.0 Å². The largest absolute Gasteiger partial charge is 0.417 e. The van der Waals surface area contributed by atoms with Crippen LogP contribution in [0.3, 0.4) is 0 Å². The number of anilines is 3. The highest BCUT2D eigenvalue weighted by Gasteiger charge is 2.33. The Hall–Kier alpha value is -2.37. The molecule has 0 aliphatic heterocycles. The standard InChI is InChI=1S/C17H11ClF4N4OS2/c18-11-6-5-9(7-10(11)17(20,21)22)23-14(27)8-28-16-26-25-15(29-16)24-13-4-2-1-3-12(13)19/h1-7H,8H2,(H,23,27)(H,24,25). The number of thioether (sulfide) groups is 1. The minimum absolute atomic E-state index is 0.0218. The van der Waals surface area contributed by atoms with Gasteiger partial charge >= 0.3 is 6.18 Å². The van der Waals surface area contributed by atoms with Crippen LogP contribution in [0, 0.1) is 5.82 Å². The number of aromatic nitrogens is 2. The smallest absolute Gasteiger partial charge is 0.328 e. The quantitative estimate of drug-likeness (QED) is 0.356. The van der Waals surface area contributed by atoms with Gasteiger partial charge in [0.1, 0.15) is 5.82 Å². The molecule has 2 N–H and O–H groups in total. The molecule has 0 bridgehead atoms. The Morgan fingerprint density at radius 2 is 1.93 bits per heavy atom. The van der Waals surface area contributed by atoms with Crippen LogP contribution in [-0.4, -0.2) is 21.9 Å². The van der Waals surface area contributed by atoms with Crippen molar-refractivity contribution in [1.29, 1.82) is 0 Å². The monoisotopic (exact) mass is 462 g/mol. The fourth-order valence-corrected chi connectivity index (χ4v) is 3.93. The molecule has 0 aliphatic rings. The highest BCUT2D eigenvalue weighted by molar-refractivity contribution is 8.01. The lowest BCUT2D eigenvalue weighted by Crippen LogP contribution is -2.15. The van der Waals surface area contributed by atoms with Gasteiger partial charge in [-0.15, -0.1) is 10.2 Å². The van der Waals surface area contributed by atoms with Gasteiger partial charge in [0.15, 0.2) is 4.34 Å². The number of benzene rings is 2. The summed E-state index contributed by atoms with van der Waals surface area (Å²) in [6, 6.07) is 9.17. The lowest BCUT2D eigenvalue weighted by Gasteiger charge is -2.11. The molecule has 0 saturated carbocycles. The first-order valence-corrected chi connectivity index (χ1v) is 10.0. The summed E-state index contributed by atoms with van der Waals surface area (Å²) in [5.74, 6) is -1.07. The highest BCUT2D eigenvalue weighted by atomic mass is 35.5. The van der Waals surface area contributed by atoms with E-state index in [-0.39, 0.29) is 17.1 Å². The Morgan fingerprint density at radius 1 is 1.17 bits per heavy atom. The van der Waals surface area contributed by atoms with E-state index >= 15 is 0 Å². The Balaban J connectivity index is 1.56. The minimum Gasteiger partial charge on any atom is -0.328 e. The average molecular weight is 463 g/mol. The van der Waals surface area contributed by atoms with Crippen molar-refractivity contribution in [3.63, 3.8) is 0 Å². The molecule has 0 atom stereocenters. The first-order valence-electron chi connectivity index (χ1n) is 7.87. The summed E-state index contributed by atoms with van der Waals surface area (Å²) < 4.78 is 52.7. The van der Waals surface area contributed by atoms with Crippen LogP contribution in [0.5, 0.6) is 0 Å². The summed E-state index contributed by atoms with van der Waals surface area (Å²) in [7, 11) is 0. The number of amides is 1. The first kappa shape index (κ1) is 21.3. The van der Waals surface area contributed by atoms with Crippen molar-refractivity contribution in [2.75, 3.05) is 16.4 Å². The van der Waals surface area contributed by atoms with Gasteiger partial charge in [-0.05, 0) is 30.3 Å². The molecule has 0 unspecified atom stereocenters. The van der Waals surface area contributed by atoms with Crippen LogP contribution in [-0.2, 0) is 11.0 Å². The first-order chi connectivity index (χ1) is 13.7. The number of carbonyl (C=O) groups is 1. The molecule has 29 heavy (non-hydrogen) atoms. The van der Waals surface area contributed by atoms with Crippen LogP contribution in [0.15, 0.2) is 46.8 Å². The lowest BCUT2D eigenvalue weighted by atomic mass is 10.2. The molecule has 5 nitrogen and oxygen atoms in total. The van der Waals surface area contributed by atoms with Crippen LogP contribution in [0.4, 0.5) is 34.1 Å². The van der Waals surface area contributed by atoms with Crippen molar-refractivity contribution in [2.45, 2.75) is 10.5 Å². The average Bonchev–Trinajstić information content (AvgIpc) is 3.10. The number of rotatable bonds is 6. The molecular weight excluding hydrogens is 452 g/mol. The predicted octanol–water partition coefficient (Wildman–Crippen LogP) is 5.82. The van der Waals surface area contributed by atoms with Gasteiger partial charge in [-0.25, -0.2) is 4.39 Å². The maximum atomic E-state index is 13.6. The molecule has 0 aliphatic carbocycles. The number of para-hydroxylation sites is 1. The molecule has 3 rings (SSSR count). The van der Waals surface area contributed by atoms with Crippen molar-refractivity contribution in [3.8, 4) is 0 Å². The fraction of sp³-hybridized carbons (Fsp3) is 0.118. The number of nitrogens with zero attached hydrogens (tertiary/aromatic N) is 2. The van der Waals surface area contributed by atoms with Crippen molar-refractivity contribution in [3.05, 3.63) is 58.9 Å². The van der Waals surface area contributed by atoms with Gasteiger partial charge in [0.2, 0.25) is 11.0 Å². The van der Waals surface area contributed by atoms with Crippen LogP contribution < -0.4 is 10.6 Å². The summed E-state index contributed by atoms with van der Waals surface area (Å²) in [5, 5.41) is 12.8. The van der Waals surface area contributed by atoms with Gasteiger partial charge in [0, 0.05) is 5.69 Å². The number of hydrogen-bond acceptors (Lipinski definition) is 6. The molecule has 152 valence electrons. The number of alkyl halides is 3. The van der Waals surface area contributed by atoms with Gasteiger partial charge < -0.3 is 10.6 Å². The highest BCUT2D eigenvalue weighted by Crippen LogP contribution is 2.36. The predicted molar refractivity (Wildman–Crippen MR) is 105 cm³/mol. The number of nitrogens with one attached hydrogen (secondary N) is 2. The molecule has 2 aromatic carbocycles. The second-order valence-electron chi connectivity index (χ2n) is 5.51. The van der Waals surface area contributed by atoms with E-state index in [1.165, 1.54) is 18.2 Å². The summed E-state index contributed by atoms with van der Waals surface area (Å²) in [6.45, 7) is 0. The number of carbonyl (C=O) groups excluding carboxylic acids is 1. The topological polar surface area (TPSA) is 66.9 Å². The SMILES string of the molecule is O=C(CSc1nnc(Nc2ccccc2F)s1)Nc1ccc(Cl)c(C(F)(F)F)c1. The molecule has 1 heterocycles. The molecule has 1 amide bonds.